The molecule has 6 heteroatoms. The molecule has 2 bridgehead atoms. The van der Waals surface area contributed by atoms with Crippen LogP contribution in [0.15, 0.2) is 97.1 Å². The Morgan fingerprint density at radius 1 is 0.743 bits per heavy atom. The van der Waals surface area contributed by atoms with Gasteiger partial charge in [0, 0.05) is 6.42 Å². The van der Waals surface area contributed by atoms with Gasteiger partial charge >= 0.3 is 5.97 Å². The lowest BCUT2D eigenvalue weighted by Gasteiger charge is -2.53. The Morgan fingerprint density at radius 3 is 2.17 bits per heavy atom. The van der Waals surface area contributed by atoms with Crippen molar-refractivity contribution in [1.29, 1.82) is 0 Å². The average molecular weight is 466 g/mol. The number of para-hydroxylation sites is 3. The van der Waals surface area contributed by atoms with Gasteiger partial charge in [-0.25, -0.2) is 0 Å². The summed E-state index contributed by atoms with van der Waals surface area (Å²) in [6.45, 7) is 0. The molecule has 3 N–H and O–H groups in total. The first kappa shape index (κ1) is 21.4. The van der Waals surface area contributed by atoms with Crippen molar-refractivity contribution in [1.82, 2.24) is 0 Å². The lowest BCUT2D eigenvalue weighted by molar-refractivity contribution is -0.157. The molecule has 6 nitrogen and oxygen atoms in total. The molecule has 7 rings (SSSR count). The van der Waals surface area contributed by atoms with Gasteiger partial charge in [0.2, 0.25) is 0 Å². The number of phenols is 1. The maximum Gasteiger partial charge on any atom is 0.318 e. The van der Waals surface area contributed by atoms with Gasteiger partial charge in [0.05, 0.1) is 5.92 Å². The molecule has 4 aromatic carbocycles. The lowest BCUT2D eigenvalue weighted by Crippen LogP contribution is -2.57. The number of carbonyl (C=O) groups is 1. The summed E-state index contributed by atoms with van der Waals surface area (Å²) in [5.41, 5.74) is -1.38. The Kier molecular flexibility index (Phi) is 4.71. The van der Waals surface area contributed by atoms with E-state index in [1.54, 1.807) is 54.6 Å². The van der Waals surface area contributed by atoms with Crippen LogP contribution in [-0.2, 0) is 16.0 Å². The van der Waals surface area contributed by atoms with Gasteiger partial charge in [-0.15, -0.1) is 0 Å². The largest absolute Gasteiger partial charge is 0.504 e. The van der Waals surface area contributed by atoms with E-state index in [0.29, 0.717) is 33.8 Å². The second kappa shape index (κ2) is 7.70. The summed E-state index contributed by atoms with van der Waals surface area (Å²) in [6, 6.07) is 27.6. The fourth-order valence-corrected chi connectivity index (χ4v) is 5.37. The molecule has 0 fully saturated rings. The fraction of sp³-hybridized carbons (Fsp3) is 0.138. The van der Waals surface area contributed by atoms with Crippen LogP contribution >= 0.6 is 0 Å². The lowest BCUT2D eigenvalue weighted by atomic mass is 9.54. The first-order valence-corrected chi connectivity index (χ1v) is 11.3. The number of aliphatic hydroxyl groups is 2. The highest BCUT2D eigenvalue weighted by atomic mass is 16.5. The predicted molar refractivity (Wildman–Crippen MR) is 127 cm³/mol. The Balaban J connectivity index is 1.46. The highest BCUT2D eigenvalue weighted by Gasteiger charge is 2.62. The maximum absolute atomic E-state index is 13.4. The monoisotopic (exact) mass is 466 g/mol. The second-order valence-electron chi connectivity index (χ2n) is 8.94. The zero-order chi connectivity index (χ0) is 24.2. The minimum Gasteiger partial charge on any atom is -0.504 e. The predicted octanol–water partition coefficient (Wildman–Crippen LogP) is 4.60. The number of carbonyl (C=O) groups excluding carboxylic acids is 1. The molecular weight excluding hydrogens is 444 g/mol. The number of hydrogen-bond acceptors (Lipinski definition) is 6. The zero-order valence-electron chi connectivity index (χ0n) is 18.6. The van der Waals surface area contributed by atoms with Crippen LogP contribution in [-0.4, -0.2) is 21.3 Å². The van der Waals surface area contributed by atoms with Crippen molar-refractivity contribution < 1.29 is 29.6 Å². The molecule has 3 aliphatic carbocycles. The average Bonchev–Trinajstić information content (AvgIpc) is 2.88. The molecule has 0 saturated heterocycles. The standard InChI is InChI=1S/C29H22O6/c30-25-12-6-7-13-26(25)35-27(31)24-17-28(32)20-10-4-5-11-21(20)29(24,33)22-15-14-19(16-23(22)28)34-18-8-2-1-3-9-18/h1-16,24,30,32-33H,17H2. The number of rotatable bonds is 4. The second-order valence-corrected chi connectivity index (χ2v) is 8.94. The molecule has 3 atom stereocenters. The highest BCUT2D eigenvalue weighted by Crippen LogP contribution is 2.60. The number of esters is 1. The van der Waals surface area contributed by atoms with E-state index in [0.717, 1.165) is 0 Å². The van der Waals surface area contributed by atoms with Gasteiger partial charge < -0.3 is 24.8 Å². The first-order valence-electron chi connectivity index (χ1n) is 11.3. The SMILES string of the molecule is O=C(Oc1ccccc1O)C1CC2(O)c3ccccc3C1(O)c1ccc(Oc3ccccc3)cc12. The molecule has 3 unspecified atom stereocenters. The van der Waals surface area contributed by atoms with E-state index in [9.17, 15) is 20.1 Å². The highest BCUT2D eigenvalue weighted by molar-refractivity contribution is 5.81. The van der Waals surface area contributed by atoms with E-state index in [4.69, 9.17) is 9.47 Å². The molecule has 0 heterocycles. The molecule has 3 aliphatic rings. The van der Waals surface area contributed by atoms with Gasteiger partial charge in [-0.2, -0.15) is 0 Å². The van der Waals surface area contributed by atoms with Gasteiger partial charge in [-0.3, -0.25) is 4.79 Å². The summed E-state index contributed by atoms with van der Waals surface area (Å²) in [4.78, 5) is 13.4. The molecular formula is C29H22O6. The molecule has 0 amide bonds. The number of hydrogen-bond donors (Lipinski definition) is 3. The number of phenolic OH excluding ortho intramolecular Hbond substituents is 1. The van der Waals surface area contributed by atoms with Crippen LogP contribution in [0.5, 0.6) is 23.0 Å². The molecule has 0 saturated carbocycles. The molecule has 0 radical (unpaired) electrons. The van der Waals surface area contributed by atoms with Gasteiger partial charge in [-0.05, 0) is 58.7 Å². The molecule has 35 heavy (non-hydrogen) atoms. The van der Waals surface area contributed by atoms with Crippen LogP contribution in [0.2, 0.25) is 0 Å². The normalized spacial score (nSPS) is 23.8. The van der Waals surface area contributed by atoms with Crippen molar-refractivity contribution in [2.45, 2.75) is 17.6 Å². The van der Waals surface area contributed by atoms with Crippen LogP contribution in [0.25, 0.3) is 0 Å². The summed E-state index contributed by atoms with van der Waals surface area (Å²) in [6.07, 6.45) is -0.0886. The minimum atomic E-state index is -1.73. The molecule has 0 aromatic heterocycles. The molecule has 4 aromatic rings. The van der Waals surface area contributed by atoms with E-state index in [1.807, 2.05) is 30.3 Å². The molecule has 0 spiro atoms. The summed E-state index contributed by atoms with van der Waals surface area (Å²) >= 11 is 0. The van der Waals surface area contributed by atoms with Crippen LogP contribution in [0.3, 0.4) is 0 Å². The maximum atomic E-state index is 13.4. The van der Waals surface area contributed by atoms with E-state index in [1.165, 1.54) is 12.1 Å². The molecule has 0 aliphatic heterocycles. The van der Waals surface area contributed by atoms with Crippen LogP contribution < -0.4 is 9.47 Å². The van der Waals surface area contributed by atoms with Gasteiger partial charge in [0.1, 0.15) is 22.7 Å². The Hall–Kier alpha value is -4.13. The van der Waals surface area contributed by atoms with Crippen molar-refractivity contribution in [3.63, 3.8) is 0 Å². The van der Waals surface area contributed by atoms with Crippen molar-refractivity contribution in [2.24, 2.45) is 5.92 Å². The zero-order valence-corrected chi connectivity index (χ0v) is 18.6. The van der Waals surface area contributed by atoms with Crippen LogP contribution in [0.1, 0.15) is 28.7 Å². The van der Waals surface area contributed by atoms with E-state index in [-0.39, 0.29) is 17.9 Å². The fourth-order valence-electron chi connectivity index (χ4n) is 5.37. The third-order valence-corrected chi connectivity index (χ3v) is 6.97. The third kappa shape index (κ3) is 3.15. The van der Waals surface area contributed by atoms with Crippen molar-refractivity contribution >= 4 is 5.97 Å². The van der Waals surface area contributed by atoms with Crippen molar-refractivity contribution in [3.8, 4) is 23.0 Å². The van der Waals surface area contributed by atoms with E-state index in [2.05, 4.69) is 0 Å². The van der Waals surface area contributed by atoms with Gasteiger partial charge in [-0.1, -0.05) is 60.7 Å². The first-order chi connectivity index (χ1) is 16.9. The summed E-state index contributed by atoms with van der Waals surface area (Å²) in [5, 5.41) is 34.3. The Bertz CT molecular complexity index is 1450. The third-order valence-electron chi connectivity index (χ3n) is 6.97. The summed E-state index contributed by atoms with van der Waals surface area (Å²) in [7, 11) is 0. The number of fused-ring (bicyclic) bond motifs is 1. The smallest absolute Gasteiger partial charge is 0.318 e. The number of ether oxygens (including phenoxy) is 2. The van der Waals surface area contributed by atoms with Gasteiger partial charge in [0.25, 0.3) is 0 Å². The topological polar surface area (TPSA) is 96.2 Å². The molecule has 174 valence electrons. The van der Waals surface area contributed by atoms with E-state index >= 15 is 0 Å². The van der Waals surface area contributed by atoms with Crippen LogP contribution in [0, 0.1) is 5.92 Å². The number of benzene rings is 4. The minimum absolute atomic E-state index is 0.00495. The quantitative estimate of drug-likeness (QED) is 0.301. The Labute approximate surface area is 201 Å². The Morgan fingerprint density at radius 2 is 1.40 bits per heavy atom. The summed E-state index contributed by atoms with van der Waals surface area (Å²) < 4.78 is 11.5. The van der Waals surface area contributed by atoms with Crippen molar-refractivity contribution in [2.75, 3.05) is 0 Å². The number of aromatic hydroxyl groups is 1. The van der Waals surface area contributed by atoms with Gasteiger partial charge in [0.15, 0.2) is 11.5 Å². The summed E-state index contributed by atoms with van der Waals surface area (Å²) in [5.74, 6) is -0.882. The van der Waals surface area contributed by atoms with E-state index < -0.39 is 23.1 Å². The van der Waals surface area contributed by atoms with Crippen LogP contribution in [0.4, 0.5) is 0 Å². The van der Waals surface area contributed by atoms with Crippen molar-refractivity contribution in [3.05, 3.63) is 119 Å².